The van der Waals surface area contributed by atoms with Crippen molar-refractivity contribution in [3.05, 3.63) is 94.2 Å². The van der Waals surface area contributed by atoms with Gasteiger partial charge in [-0.05, 0) is 42.3 Å². The van der Waals surface area contributed by atoms with Gasteiger partial charge < -0.3 is 10.6 Å². The van der Waals surface area contributed by atoms with Crippen LogP contribution in [0.15, 0.2) is 78.2 Å². The van der Waals surface area contributed by atoms with Gasteiger partial charge in [-0.25, -0.2) is 4.79 Å². The Morgan fingerprint density at radius 2 is 1.72 bits per heavy atom. The molecule has 2 aromatic carbocycles. The lowest BCUT2D eigenvalue weighted by Crippen LogP contribution is -2.45. The molecule has 1 aliphatic rings. The molecule has 3 aromatic rings. The fourth-order valence-electron chi connectivity index (χ4n) is 3.87. The van der Waals surface area contributed by atoms with E-state index >= 15 is 0 Å². The summed E-state index contributed by atoms with van der Waals surface area (Å²) in [5.41, 5.74) is 1.00. The van der Waals surface area contributed by atoms with Crippen molar-refractivity contribution in [1.82, 2.24) is 15.5 Å². The Labute approximate surface area is 191 Å². The molecule has 164 valence electrons. The van der Waals surface area contributed by atoms with E-state index in [1.54, 1.807) is 18.3 Å². The first-order valence-corrected chi connectivity index (χ1v) is 11.4. The van der Waals surface area contributed by atoms with Gasteiger partial charge in [0.15, 0.2) is 0 Å². The first-order chi connectivity index (χ1) is 15.5. The van der Waals surface area contributed by atoms with Gasteiger partial charge in [0.2, 0.25) is 5.91 Å². The largest absolute Gasteiger partial charge is 0.343 e. The Hall–Kier alpha value is -3.45. The van der Waals surface area contributed by atoms with Crippen molar-refractivity contribution in [3.63, 3.8) is 0 Å². The van der Waals surface area contributed by atoms with Gasteiger partial charge in [-0.1, -0.05) is 66.7 Å². The minimum atomic E-state index is -1.03. The van der Waals surface area contributed by atoms with Gasteiger partial charge in [-0.2, -0.15) is 0 Å². The second-order valence-electron chi connectivity index (χ2n) is 8.07. The zero-order valence-electron chi connectivity index (χ0n) is 17.8. The van der Waals surface area contributed by atoms with Crippen LogP contribution in [-0.2, 0) is 16.0 Å². The van der Waals surface area contributed by atoms with Crippen LogP contribution < -0.4 is 10.6 Å². The zero-order chi connectivity index (χ0) is 22.6. The minimum absolute atomic E-state index is 0.319. The number of imide groups is 1. The molecule has 0 unspecified atom stereocenters. The first-order valence-electron chi connectivity index (χ1n) is 10.5. The van der Waals surface area contributed by atoms with E-state index in [0.29, 0.717) is 12.8 Å². The maximum atomic E-state index is 13.0. The Morgan fingerprint density at radius 1 is 1.03 bits per heavy atom. The normalized spacial score (nSPS) is 19.0. The number of nitrogens with one attached hydrogen (secondary N) is 2. The molecule has 0 saturated carbocycles. The summed E-state index contributed by atoms with van der Waals surface area (Å²) in [6.07, 6.45) is 1.11. The quantitative estimate of drug-likeness (QED) is 0.514. The second kappa shape index (κ2) is 9.36. The molecular weight excluding hydrogens is 422 g/mol. The topological polar surface area (TPSA) is 78.5 Å². The smallest absolute Gasteiger partial charge is 0.325 e. The Kier molecular flexibility index (Phi) is 6.37. The number of urea groups is 1. The number of amides is 4. The summed E-state index contributed by atoms with van der Waals surface area (Å²) in [5.74, 6) is -0.760. The molecule has 1 aromatic heterocycles. The van der Waals surface area contributed by atoms with Crippen molar-refractivity contribution in [3.8, 4) is 0 Å². The predicted octanol–water partition coefficient (Wildman–Crippen LogP) is 3.90. The van der Waals surface area contributed by atoms with E-state index in [-0.39, 0.29) is 24.4 Å². The number of rotatable bonds is 8. The van der Waals surface area contributed by atoms with Crippen LogP contribution in [-0.4, -0.2) is 34.8 Å². The average molecular weight is 448 g/mol. The lowest BCUT2D eigenvalue weighted by Gasteiger charge is -2.22. The SMILES string of the molecule is C[C@]1(CCc2ccccc2)NC(=O)N(CC(=O)N[C@@H](c2ccccc2)c2cccs2)C1=O. The molecule has 1 fully saturated rings. The third-order valence-corrected chi connectivity index (χ3v) is 6.61. The summed E-state index contributed by atoms with van der Waals surface area (Å²) < 4.78 is 0. The van der Waals surface area contributed by atoms with Crippen LogP contribution >= 0.6 is 11.3 Å². The minimum Gasteiger partial charge on any atom is -0.343 e. The zero-order valence-corrected chi connectivity index (χ0v) is 18.6. The number of hydrogen-bond donors (Lipinski definition) is 2. The lowest BCUT2D eigenvalue weighted by atomic mass is 9.93. The third kappa shape index (κ3) is 4.73. The van der Waals surface area contributed by atoms with E-state index in [9.17, 15) is 14.4 Å². The highest BCUT2D eigenvalue weighted by molar-refractivity contribution is 7.10. The van der Waals surface area contributed by atoms with Gasteiger partial charge >= 0.3 is 6.03 Å². The lowest BCUT2D eigenvalue weighted by molar-refractivity contribution is -0.134. The van der Waals surface area contributed by atoms with E-state index in [4.69, 9.17) is 0 Å². The molecule has 0 aliphatic carbocycles. The maximum absolute atomic E-state index is 13.0. The summed E-state index contributed by atoms with van der Waals surface area (Å²) in [7, 11) is 0. The van der Waals surface area contributed by atoms with Gasteiger partial charge in [0, 0.05) is 4.88 Å². The molecule has 0 spiro atoms. The van der Waals surface area contributed by atoms with E-state index in [0.717, 1.165) is 20.9 Å². The predicted molar refractivity (Wildman–Crippen MR) is 124 cm³/mol. The van der Waals surface area contributed by atoms with Gasteiger partial charge in [-0.3, -0.25) is 14.5 Å². The van der Waals surface area contributed by atoms with E-state index in [1.807, 2.05) is 78.2 Å². The van der Waals surface area contributed by atoms with Crippen molar-refractivity contribution >= 4 is 29.2 Å². The molecule has 32 heavy (non-hydrogen) atoms. The molecule has 2 atom stereocenters. The molecule has 1 aliphatic heterocycles. The maximum Gasteiger partial charge on any atom is 0.325 e. The van der Waals surface area contributed by atoms with Crippen LogP contribution in [0.1, 0.15) is 35.4 Å². The molecule has 4 amide bonds. The molecule has 0 radical (unpaired) electrons. The molecule has 6 nitrogen and oxygen atoms in total. The Bertz CT molecular complexity index is 1090. The number of carbonyl (C=O) groups is 3. The highest BCUT2D eigenvalue weighted by atomic mass is 32.1. The van der Waals surface area contributed by atoms with Crippen LogP contribution in [0.3, 0.4) is 0 Å². The summed E-state index contributed by atoms with van der Waals surface area (Å²) in [4.78, 5) is 40.5. The Morgan fingerprint density at radius 3 is 2.38 bits per heavy atom. The highest BCUT2D eigenvalue weighted by Crippen LogP contribution is 2.27. The van der Waals surface area contributed by atoms with Crippen molar-refractivity contribution in [2.75, 3.05) is 6.54 Å². The average Bonchev–Trinajstić information content (AvgIpc) is 3.41. The van der Waals surface area contributed by atoms with Crippen LogP contribution in [0.2, 0.25) is 0 Å². The van der Waals surface area contributed by atoms with Crippen LogP contribution in [0, 0.1) is 0 Å². The molecule has 2 heterocycles. The molecular formula is C25H25N3O3S. The standard InChI is InChI=1S/C25H25N3O3S/c1-25(15-14-18-9-4-2-5-10-18)23(30)28(24(31)27-25)17-21(29)26-22(20-13-8-16-32-20)19-11-6-3-7-12-19/h2-13,16,22H,14-15,17H2,1H3,(H,26,29)(H,27,31)/t22-,25+/m0/s1. The van der Waals surface area contributed by atoms with Crippen LogP contribution in [0.25, 0.3) is 0 Å². The number of nitrogens with zero attached hydrogens (tertiary/aromatic N) is 1. The summed E-state index contributed by atoms with van der Waals surface area (Å²) in [6.45, 7) is 1.40. The molecule has 0 bridgehead atoms. The summed E-state index contributed by atoms with van der Waals surface area (Å²) >= 11 is 1.54. The van der Waals surface area contributed by atoms with E-state index < -0.39 is 11.6 Å². The van der Waals surface area contributed by atoms with Crippen molar-refractivity contribution in [2.45, 2.75) is 31.3 Å². The number of hydrogen-bond acceptors (Lipinski definition) is 4. The fourth-order valence-corrected chi connectivity index (χ4v) is 4.67. The number of thiophene rings is 1. The monoisotopic (exact) mass is 447 g/mol. The van der Waals surface area contributed by atoms with Crippen molar-refractivity contribution in [2.24, 2.45) is 0 Å². The molecule has 1 saturated heterocycles. The van der Waals surface area contributed by atoms with Crippen LogP contribution in [0.5, 0.6) is 0 Å². The first kappa shape index (κ1) is 21.8. The number of benzene rings is 2. The van der Waals surface area contributed by atoms with Gasteiger partial charge in [-0.15, -0.1) is 11.3 Å². The highest BCUT2D eigenvalue weighted by Gasteiger charge is 2.47. The van der Waals surface area contributed by atoms with Crippen molar-refractivity contribution in [1.29, 1.82) is 0 Å². The van der Waals surface area contributed by atoms with Crippen LogP contribution in [0.4, 0.5) is 4.79 Å². The van der Waals surface area contributed by atoms with Gasteiger partial charge in [0.05, 0.1) is 6.04 Å². The summed E-state index contributed by atoms with van der Waals surface area (Å²) in [5, 5.41) is 7.72. The summed E-state index contributed by atoms with van der Waals surface area (Å²) in [6, 6.07) is 22.5. The second-order valence-corrected chi connectivity index (χ2v) is 9.05. The van der Waals surface area contributed by atoms with Crippen molar-refractivity contribution < 1.29 is 14.4 Å². The third-order valence-electron chi connectivity index (χ3n) is 5.67. The Balaban J connectivity index is 1.43. The van der Waals surface area contributed by atoms with Gasteiger partial charge in [0.1, 0.15) is 12.1 Å². The fraction of sp³-hybridized carbons (Fsp3) is 0.240. The number of aryl methyl sites for hydroxylation is 1. The van der Waals surface area contributed by atoms with E-state index in [1.165, 1.54) is 0 Å². The van der Waals surface area contributed by atoms with E-state index in [2.05, 4.69) is 10.6 Å². The molecule has 7 heteroatoms. The molecule has 4 rings (SSSR count). The molecule has 2 N–H and O–H groups in total. The van der Waals surface area contributed by atoms with Gasteiger partial charge in [0.25, 0.3) is 5.91 Å². The number of carbonyl (C=O) groups excluding carboxylic acids is 3.